The highest BCUT2D eigenvalue weighted by Crippen LogP contribution is 2.23. The molecule has 0 saturated heterocycles. The Labute approximate surface area is 109 Å². The van der Waals surface area contributed by atoms with Gasteiger partial charge in [-0.2, -0.15) is 0 Å². The van der Waals surface area contributed by atoms with Gasteiger partial charge in [0.25, 0.3) is 5.69 Å². The lowest BCUT2D eigenvalue weighted by molar-refractivity contribution is -0.385. The fourth-order valence-electron chi connectivity index (χ4n) is 1.74. The van der Waals surface area contributed by atoms with Crippen LogP contribution in [0.2, 0.25) is 0 Å². The quantitative estimate of drug-likeness (QED) is 0.626. The molecule has 2 rings (SSSR count). The summed E-state index contributed by atoms with van der Waals surface area (Å²) in [4.78, 5) is 16.0. The van der Waals surface area contributed by atoms with Crippen molar-refractivity contribution < 1.29 is 9.31 Å². The zero-order valence-corrected chi connectivity index (χ0v) is 10.6. The van der Waals surface area contributed by atoms with Crippen LogP contribution in [-0.2, 0) is 13.6 Å². The summed E-state index contributed by atoms with van der Waals surface area (Å²) in [5.74, 6) is 0.158. The van der Waals surface area contributed by atoms with Crippen molar-refractivity contribution in [2.45, 2.75) is 6.54 Å². The summed E-state index contributed by atoms with van der Waals surface area (Å²) in [5.41, 5.74) is 0.177. The molecule has 0 N–H and O–H groups in total. The molecule has 0 saturated carbocycles. The van der Waals surface area contributed by atoms with Crippen molar-refractivity contribution in [1.82, 2.24) is 9.55 Å². The molecule has 7 heteroatoms. The van der Waals surface area contributed by atoms with Crippen LogP contribution < -0.4 is 4.90 Å². The third-order valence-electron chi connectivity index (χ3n) is 2.82. The van der Waals surface area contributed by atoms with Gasteiger partial charge in [-0.15, -0.1) is 0 Å². The number of non-ortho nitro benzene ring substituents is 1. The van der Waals surface area contributed by atoms with Gasteiger partial charge in [-0.1, -0.05) is 0 Å². The fraction of sp³-hybridized carbons (Fsp3) is 0.250. The maximum Gasteiger partial charge on any atom is 0.274 e. The Hall–Kier alpha value is -2.44. The van der Waals surface area contributed by atoms with Crippen molar-refractivity contribution in [3.05, 3.63) is 52.3 Å². The van der Waals surface area contributed by atoms with Gasteiger partial charge in [-0.3, -0.25) is 10.1 Å². The largest absolute Gasteiger partial charge is 0.367 e. The van der Waals surface area contributed by atoms with Crippen LogP contribution in [0.1, 0.15) is 5.82 Å². The number of rotatable bonds is 4. The molecule has 0 radical (unpaired) electrons. The molecule has 1 aromatic heterocycles. The Balaban J connectivity index is 2.26. The zero-order chi connectivity index (χ0) is 14.0. The number of benzene rings is 1. The van der Waals surface area contributed by atoms with E-state index in [1.165, 1.54) is 12.1 Å². The van der Waals surface area contributed by atoms with Gasteiger partial charge in [0.15, 0.2) is 0 Å². The molecule has 1 heterocycles. The minimum absolute atomic E-state index is 0.262. The van der Waals surface area contributed by atoms with Crippen LogP contribution >= 0.6 is 0 Å². The monoisotopic (exact) mass is 264 g/mol. The second kappa shape index (κ2) is 5.05. The average molecular weight is 264 g/mol. The number of nitro benzene ring substituents is 1. The Kier molecular flexibility index (Phi) is 3.46. The molecular weight excluding hydrogens is 251 g/mol. The van der Waals surface area contributed by atoms with Gasteiger partial charge in [-0.05, 0) is 6.07 Å². The summed E-state index contributed by atoms with van der Waals surface area (Å²) in [6, 6.07) is 3.50. The van der Waals surface area contributed by atoms with E-state index >= 15 is 0 Å². The number of nitro groups is 1. The van der Waals surface area contributed by atoms with Crippen LogP contribution in [0.15, 0.2) is 30.6 Å². The van der Waals surface area contributed by atoms with Crippen molar-refractivity contribution in [3.63, 3.8) is 0 Å². The lowest BCUT2D eigenvalue weighted by Crippen LogP contribution is -2.19. The van der Waals surface area contributed by atoms with Crippen LogP contribution in [0, 0.1) is 15.9 Å². The maximum atomic E-state index is 13.4. The van der Waals surface area contributed by atoms with Crippen molar-refractivity contribution in [3.8, 4) is 0 Å². The molecular formula is C12H13FN4O2. The van der Waals surface area contributed by atoms with Crippen LogP contribution in [0.5, 0.6) is 0 Å². The van der Waals surface area contributed by atoms with E-state index in [1.54, 1.807) is 24.3 Å². The molecule has 0 aliphatic carbocycles. The lowest BCUT2D eigenvalue weighted by Gasteiger charge is -2.18. The third-order valence-corrected chi connectivity index (χ3v) is 2.82. The molecule has 0 fully saturated rings. The van der Waals surface area contributed by atoms with Crippen molar-refractivity contribution in [2.24, 2.45) is 7.05 Å². The average Bonchev–Trinajstić information content (AvgIpc) is 2.74. The predicted octanol–water partition coefficient (Wildman–Crippen LogP) is 2.10. The molecule has 1 aromatic carbocycles. The van der Waals surface area contributed by atoms with E-state index in [9.17, 15) is 14.5 Å². The van der Waals surface area contributed by atoms with E-state index in [2.05, 4.69) is 4.98 Å². The summed E-state index contributed by atoms with van der Waals surface area (Å²) >= 11 is 0. The maximum absolute atomic E-state index is 13.4. The van der Waals surface area contributed by atoms with E-state index in [1.807, 2.05) is 11.6 Å². The molecule has 0 amide bonds. The molecule has 100 valence electrons. The van der Waals surface area contributed by atoms with Gasteiger partial charge >= 0.3 is 0 Å². The number of halogens is 1. The van der Waals surface area contributed by atoms with E-state index in [-0.39, 0.29) is 5.69 Å². The molecule has 6 nitrogen and oxygen atoms in total. The Morgan fingerprint density at radius 3 is 2.79 bits per heavy atom. The number of anilines is 1. The second-order valence-corrected chi connectivity index (χ2v) is 4.24. The van der Waals surface area contributed by atoms with Crippen LogP contribution in [0.3, 0.4) is 0 Å². The van der Waals surface area contributed by atoms with E-state index in [4.69, 9.17) is 0 Å². The highest BCUT2D eigenvalue weighted by atomic mass is 19.1. The minimum Gasteiger partial charge on any atom is -0.367 e. The van der Waals surface area contributed by atoms with Gasteiger partial charge in [0, 0.05) is 38.2 Å². The molecule has 0 spiro atoms. The standard InChI is InChI=1S/C12H13FN4O2/c1-15-4-3-14-12(15)8-16(2)10-5-9(13)6-11(7-10)17(18)19/h3-7H,8H2,1-2H3. The molecule has 0 atom stereocenters. The van der Waals surface area contributed by atoms with Gasteiger partial charge in [-0.25, -0.2) is 9.37 Å². The number of aryl methyl sites for hydroxylation is 1. The third kappa shape index (κ3) is 2.87. The van der Waals surface area contributed by atoms with Crippen LogP contribution in [0.25, 0.3) is 0 Å². The smallest absolute Gasteiger partial charge is 0.274 e. The zero-order valence-electron chi connectivity index (χ0n) is 10.6. The van der Waals surface area contributed by atoms with Gasteiger partial charge in [0.05, 0.1) is 17.5 Å². The predicted molar refractivity (Wildman–Crippen MR) is 68.4 cm³/mol. The van der Waals surface area contributed by atoms with Crippen molar-refractivity contribution >= 4 is 11.4 Å². The highest BCUT2D eigenvalue weighted by Gasteiger charge is 2.13. The van der Waals surface area contributed by atoms with E-state index in [0.717, 1.165) is 11.9 Å². The van der Waals surface area contributed by atoms with E-state index in [0.29, 0.717) is 12.2 Å². The number of imidazole rings is 1. The normalized spacial score (nSPS) is 10.5. The van der Waals surface area contributed by atoms with Crippen molar-refractivity contribution in [2.75, 3.05) is 11.9 Å². The summed E-state index contributed by atoms with van der Waals surface area (Å²) < 4.78 is 15.2. The first-order valence-corrected chi connectivity index (χ1v) is 5.59. The number of aromatic nitrogens is 2. The number of hydrogen-bond acceptors (Lipinski definition) is 4. The Bertz CT molecular complexity index is 612. The molecule has 19 heavy (non-hydrogen) atoms. The van der Waals surface area contributed by atoms with Crippen molar-refractivity contribution in [1.29, 1.82) is 0 Å². The number of hydrogen-bond donors (Lipinski definition) is 0. The SMILES string of the molecule is CN(Cc1nccn1C)c1cc(F)cc([N+](=O)[O-])c1. The molecule has 0 aliphatic rings. The first kappa shape index (κ1) is 13.0. The summed E-state index contributed by atoms with van der Waals surface area (Å²) in [6.45, 7) is 0.435. The van der Waals surface area contributed by atoms with Gasteiger partial charge in [0.1, 0.15) is 11.6 Å². The molecule has 0 aliphatic heterocycles. The summed E-state index contributed by atoms with van der Waals surface area (Å²) in [5, 5.41) is 10.7. The second-order valence-electron chi connectivity index (χ2n) is 4.24. The fourth-order valence-corrected chi connectivity index (χ4v) is 1.74. The Morgan fingerprint density at radius 1 is 1.47 bits per heavy atom. The minimum atomic E-state index is -0.629. The van der Waals surface area contributed by atoms with E-state index < -0.39 is 10.7 Å². The summed E-state index contributed by atoms with van der Waals surface area (Å²) in [7, 11) is 3.58. The first-order chi connectivity index (χ1) is 8.97. The highest BCUT2D eigenvalue weighted by molar-refractivity contribution is 5.53. The van der Waals surface area contributed by atoms with Gasteiger partial charge < -0.3 is 9.47 Å². The first-order valence-electron chi connectivity index (χ1n) is 5.59. The summed E-state index contributed by atoms with van der Waals surface area (Å²) in [6.07, 6.45) is 3.47. The van der Waals surface area contributed by atoms with Crippen LogP contribution in [-0.4, -0.2) is 21.5 Å². The number of nitrogens with zero attached hydrogens (tertiary/aromatic N) is 4. The topological polar surface area (TPSA) is 64.2 Å². The molecule has 0 unspecified atom stereocenters. The molecule has 0 bridgehead atoms. The molecule has 2 aromatic rings. The van der Waals surface area contributed by atoms with Crippen LogP contribution in [0.4, 0.5) is 15.8 Å². The lowest BCUT2D eigenvalue weighted by atomic mass is 10.2. The van der Waals surface area contributed by atoms with Gasteiger partial charge in [0.2, 0.25) is 0 Å². The Morgan fingerprint density at radius 2 is 2.21 bits per heavy atom.